The van der Waals surface area contributed by atoms with Crippen LogP contribution in [0.25, 0.3) is 0 Å². The number of benzene rings is 1. The molecule has 0 heterocycles. The average Bonchev–Trinajstić information content (AvgIpc) is 2.49. The molecule has 1 aromatic carbocycles. The number of phenols is 1. The molecule has 4 nitrogen and oxygen atoms in total. The Bertz CT molecular complexity index is 570. The van der Waals surface area contributed by atoms with Gasteiger partial charge in [0.25, 0.3) is 0 Å². The highest BCUT2D eigenvalue weighted by atomic mass is 35.5. The van der Waals surface area contributed by atoms with Crippen molar-refractivity contribution in [1.29, 1.82) is 0 Å². The molecule has 1 unspecified atom stereocenters. The van der Waals surface area contributed by atoms with Crippen molar-refractivity contribution in [3.05, 3.63) is 26.6 Å². The average molecular weight is 340 g/mol. The minimum Gasteiger partial charge on any atom is -0.507 e. The van der Waals surface area contributed by atoms with Gasteiger partial charge in [0.2, 0.25) is 0 Å². The van der Waals surface area contributed by atoms with E-state index in [-0.39, 0.29) is 22.0 Å². The lowest BCUT2D eigenvalue weighted by Crippen LogP contribution is -2.02. The van der Waals surface area contributed by atoms with E-state index in [0.29, 0.717) is 35.7 Å². The molecule has 0 saturated carbocycles. The zero-order chi connectivity index (χ0) is 17.6. The van der Waals surface area contributed by atoms with Gasteiger partial charge in [-0.1, -0.05) is 51.6 Å². The summed E-state index contributed by atoms with van der Waals surface area (Å²) in [6.07, 6.45) is 5.33. The van der Waals surface area contributed by atoms with E-state index in [9.17, 15) is 14.8 Å². The molecule has 128 valence electrons. The number of carbonyl (C=O) groups is 1. The molecule has 1 N–H and O–H groups in total. The number of hydrogen-bond donors (Lipinski definition) is 1. The molecule has 1 aromatic rings. The van der Waals surface area contributed by atoms with Crippen LogP contribution < -0.4 is 0 Å². The molecular weight excluding hydrogens is 314 g/mol. The Labute approximate surface area is 143 Å². The second kappa shape index (κ2) is 9.02. The van der Waals surface area contributed by atoms with E-state index in [1.165, 1.54) is 6.42 Å². The number of halogens is 1. The number of phenolic OH excluding ortho intramolecular Hbond substituents is 1. The second-order valence-electron chi connectivity index (χ2n) is 6.71. The summed E-state index contributed by atoms with van der Waals surface area (Å²) >= 11 is 6.12. The first kappa shape index (κ1) is 19.6. The normalized spacial score (nSPS) is 12.4. The second-order valence-corrected chi connectivity index (χ2v) is 7.08. The molecule has 1 rings (SSSR count). The van der Waals surface area contributed by atoms with Gasteiger partial charge in [0.15, 0.2) is 6.29 Å². The monoisotopic (exact) mass is 339 g/mol. The van der Waals surface area contributed by atoms with Gasteiger partial charge in [-0.25, -0.2) is 0 Å². The van der Waals surface area contributed by atoms with Crippen LogP contribution >= 0.6 is 11.6 Å². The van der Waals surface area contributed by atoms with Crippen molar-refractivity contribution in [2.24, 2.45) is 17.0 Å². The molecule has 1 atom stereocenters. The van der Waals surface area contributed by atoms with Gasteiger partial charge in [-0.3, -0.25) is 4.79 Å². The Hall–Kier alpha value is -1.42. The van der Waals surface area contributed by atoms with E-state index < -0.39 is 0 Å². The van der Waals surface area contributed by atoms with Crippen molar-refractivity contribution in [3.63, 3.8) is 0 Å². The molecule has 0 bridgehead atoms. The van der Waals surface area contributed by atoms with Crippen LogP contribution in [-0.4, -0.2) is 11.4 Å². The summed E-state index contributed by atoms with van der Waals surface area (Å²) in [4.78, 5) is 22.3. The molecule has 23 heavy (non-hydrogen) atoms. The van der Waals surface area contributed by atoms with E-state index in [1.807, 2.05) is 0 Å². The Morgan fingerprint density at radius 1 is 1.22 bits per heavy atom. The summed E-state index contributed by atoms with van der Waals surface area (Å²) in [7, 11) is 0. The van der Waals surface area contributed by atoms with Gasteiger partial charge in [-0.2, -0.15) is 0 Å². The zero-order valence-electron chi connectivity index (χ0n) is 14.4. The van der Waals surface area contributed by atoms with Crippen molar-refractivity contribution in [2.45, 2.75) is 59.8 Å². The molecule has 0 spiro atoms. The number of rotatable bonds is 9. The highest BCUT2D eigenvalue weighted by Gasteiger charge is 2.21. The molecule has 0 fully saturated rings. The predicted octanol–water partition coefficient (Wildman–Crippen LogP) is 5.96. The maximum Gasteiger partial charge on any atom is 0.154 e. The molecule has 0 aliphatic heterocycles. The van der Waals surface area contributed by atoms with Crippen LogP contribution in [0.4, 0.5) is 5.69 Å². The van der Waals surface area contributed by atoms with Crippen molar-refractivity contribution < 1.29 is 9.90 Å². The largest absolute Gasteiger partial charge is 0.507 e. The zero-order valence-corrected chi connectivity index (χ0v) is 15.1. The number of aromatic hydroxyl groups is 1. The lowest BCUT2D eigenvalue weighted by Gasteiger charge is -2.16. The summed E-state index contributed by atoms with van der Waals surface area (Å²) in [5.74, 6) is 1.00. The highest BCUT2D eigenvalue weighted by molar-refractivity contribution is 6.34. The first-order valence-electron chi connectivity index (χ1n) is 8.15. The third kappa shape index (κ3) is 5.03. The van der Waals surface area contributed by atoms with Gasteiger partial charge in [-0.05, 0) is 42.3 Å². The summed E-state index contributed by atoms with van der Waals surface area (Å²) in [5, 5.41) is 13.4. The standard InChI is InChI=1S/C18H26ClNO3/c1-11(2)6-5-7-12(3)8-9-14-17(20-23)16(19)13(4)15(10-21)18(14)22/h10-12,22H,5-9H2,1-4H3. The third-order valence-electron chi connectivity index (χ3n) is 4.34. The maximum atomic E-state index is 11.2. The summed E-state index contributed by atoms with van der Waals surface area (Å²) in [6, 6.07) is 0. The van der Waals surface area contributed by atoms with Crippen molar-refractivity contribution in [3.8, 4) is 5.75 Å². The van der Waals surface area contributed by atoms with Crippen molar-refractivity contribution in [2.75, 3.05) is 0 Å². The molecular formula is C18H26ClNO3. The van der Waals surface area contributed by atoms with Gasteiger partial charge in [-0.15, -0.1) is 4.91 Å². The van der Waals surface area contributed by atoms with E-state index in [0.717, 1.165) is 19.3 Å². The first-order chi connectivity index (χ1) is 10.8. The van der Waals surface area contributed by atoms with Gasteiger partial charge in [0, 0.05) is 5.56 Å². The number of aldehydes is 1. The fourth-order valence-corrected chi connectivity index (χ4v) is 3.02. The minimum absolute atomic E-state index is 0.0571. The van der Waals surface area contributed by atoms with Crippen LogP contribution in [-0.2, 0) is 6.42 Å². The highest BCUT2D eigenvalue weighted by Crippen LogP contribution is 2.41. The smallest absolute Gasteiger partial charge is 0.154 e. The minimum atomic E-state index is -0.161. The summed E-state index contributed by atoms with van der Waals surface area (Å²) in [6.45, 7) is 8.17. The maximum absolute atomic E-state index is 11.2. The lowest BCUT2D eigenvalue weighted by molar-refractivity contribution is 0.112. The molecule has 0 aromatic heterocycles. The predicted molar refractivity (Wildman–Crippen MR) is 94.9 cm³/mol. The van der Waals surface area contributed by atoms with Crippen LogP contribution in [0.3, 0.4) is 0 Å². The van der Waals surface area contributed by atoms with E-state index in [2.05, 4.69) is 25.9 Å². The Morgan fingerprint density at radius 3 is 2.39 bits per heavy atom. The van der Waals surface area contributed by atoms with Gasteiger partial charge >= 0.3 is 0 Å². The number of carbonyl (C=O) groups excluding carboxylic acids is 1. The fourth-order valence-electron chi connectivity index (χ4n) is 2.77. The van der Waals surface area contributed by atoms with E-state index in [4.69, 9.17) is 11.6 Å². The van der Waals surface area contributed by atoms with E-state index >= 15 is 0 Å². The van der Waals surface area contributed by atoms with Crippen molar-refractivity contribution in [1.82, 2.24) is 0 Å². The quantitative estimate of drug-likeness (QED) is 0.446. The topological polar surface area (TPSA) is 66.7 Å². The van der Waals surface area contributed by atoms with Gasteiger partial charge in [0.1, 0.15) is 11.4 Å². The summed E-state index contributed by atoms with van der Waals surface area (Å²) < 4.78 is 0. The molecule has 0 amide bonds. The summed E-state index contributed by atoms with van der Waals surface area (Å²) in [5.41, 5.74) is 0.974. The molecule has 0 saturated heterocycles. The van der Waals surface area contributed by atoms with Gasteiger partial charge in [0.05, 0.1) is 10.6 Å². The van der Waals surface area contributed by atoms with E-state index in [1.54, 1.807) is 6.92 Å². The SMILES string of the molecule is Cc1c(Cl)c(N=O)c(CCC(C)CCCC(C)C)c(O)c1C=O. The molecule has 5 heteroatoms. The Kier molecular flexibility index (Phi) is 7.69. The van der Waals surface area contributed by atoms with Crippen LogP contribution in [0.5, 0.6) is 5.75 Å². The molecule has 0 aliphatic rings. The van der Waals surface area contributed by atoms with Crippen LogP contribution in [0.2, 0.25) is 5.02 Å². The van der Waals surface area contributed by atoms with Crippen LogP contribution in [0.1, 0.15) is 67.9 Å². The van der Waals surface area contributed by atoms with Gasteiger partial charge < -0.3 is 5.11 Å². The number of nitroso groups, excluding NO2 is 1. The molecule has 0 aliphatic carbocycles. The fraction of sp³-hybridized carbons (Fsp3) is 0.611. The Balaban J connectivity index is 2.89. The van der Waals surface area contributed by atoms with Crippen LogP contribution in [0.15, 0.2) is 5.18 Å². The van der Waals surface area contributed by atoms with Crippen molar-refractivity contribution >= 4 is 23.6 Å². The number of hydrogen-bond acceptors (Lipinski definition) is 4. The molecule has 0 radical (unpaired) electrons. The Morgan fingerprint density at radius 2 is 1.87 bits per heavy atom. The number of nitrogens with zero attached hydrogens (tertiary/aromatic N) is 1. The first-order valence-corrected chi connectivity index (χ1v) is 8.53. The van der Waals surface area contributed by atoms with Crippen LogP contribution in [0, 0.1) is 23.7 Å². The lowest BCUT2D eigenvalue weighted by atomic mass is 9.92. The third-order valence-corrected chi connectivity index (χ3v) is 4.81.